The molecule has 0 aliphatic carbocycles. The summed E-state index contributed by atoms with van der Waals surface area (Å²) in [6.07, 6.45) is 4.33. The molecule has 1 N–H and O–H groups in total. The van der Waals surface area contributed by atoms with Crippen molar-refractivity contribution in [2.45, 2.75) is 43.9 Å². The number of rotatable bonds is 3. The van der Waals surface area contributed by atoms with Crippen LogP contribution < -0.4 is 15.0 Å². The molecular weight excluding hydrogens is 420 g/mol. The number of urea groups is 1. The number of hydrogen-bond donors (Lipinski definition) is 1. The van der Waals surface area contributed by atoms with E-state index in [1.54, 1.807) is 9.80 Å². The Morgan fingerprint density at radius 2 is 1.90 bits per heavy atom. The lowest BCUT2D eigenvalue weighted by Crippen LogP contribution is -2.65. The van der Waals surface area contributed by atoms with E-state index in [2.05, 4.69) is 16.3 Å². The topological polar surface area (TPSA) is 74.3 Å². The lowest BCUT2D eigenvalue weighted by Gasteiger charge is -2.46. The number of piperidine rings is 2. The van der Waals surface area contributed by atoms with Gasteiger partial charge in [0.25, 0.3) is 0 Å². The number of benzene rings is 1. The van der Waals surface area contributed by atoms with Gasteiger partial charge in [-0.05, 0) is 37.8 Å². The molecule has 0 radical (unpaired) electrons. The third-order valence-corrected chi connectivity index (χ3v) is 7.03. The highest BCUT2D eigenvalue weighted by molar-refractivity contribution is 6.34. The summed E-state index contributed by atoms with van der Waals surface area (Å²) in [6.45, 7) is 4.37. The first kappa shape index (κ1) is 20.7. The fraction of sp³-hybridized carbons (Fsp3) is 0.636. The van der Waals surface area contributed by atoms with Crippen LogP contribution in [0, 0.1) is 0 Å². The average molecular weight is 449 g/mol. The molecule has 3 amide bonds. The van der Waals surface area contributed by atoms with E-state index in [9.17, 15) is 9.59 Å². The number of amides is 3. The van der Waals surface area contributed by atoms with Crippen molar-refractivity contribution < 1.29 is 19.1 Å². The largest absolute Gasteiger partial charge is 0.485 e. The summed E-state index contributed by atoms with van der Waals surface area (Å²) in [4.78, 5) is 30.4. The van der Waals surface area contributed by atoms with Crippen LogP contribution in [0.1, 0.15) is 25.7 Å². The van der Waals surface area contributed by atoms with E-state index in [1.807, 2.05) is 12.1 Å². The first-order valence-electron chi connectivity index (χ1n) is 11.2. The lowest BCUT2D eigenvalue weighted by atomic mass is 10.0. The second-order valence-electron chi connectivity index (χ2n) is 8.82. The number of carbonyl (C=O) groups excluding carboxylic acids is 2. The molecule has 4 saturated heterocycles. The first-order valence-corrected chi connectivity index (χ1v) is 11.6. The number of halogens is 1. The van der Waals surface area contributed by atoms with Crippen molar-refractivity contribution in [1.29, 1.82) is 0 Å². The van der Waals surface area contributed by atoms with Gasteiger partial charge in [-0.25, -0.2) is 4.79 Å². The highest BCUT2D eigenvalue weighted by Crippen LogP contribution is 2.37. The predicted octanol–water partition coefficient (Wildman–Crippen LogP) is 2.10. The van der Waals surface area contributed by atoms with Crippen molar-refractivity contribution >= 4 is 29.2 Å². The Morgan fingerprint density at radius 3 is 2.71 bits per heavy atom. The predicted molar refractivity (Wildman–Crippen MR) is 117 cm³/mol. The maximum absolute atomic E-state index is 12.9. The molecule has 4 heterocycles. The highest BCUT2D eigenvalue weighted by atomic mass is 35.5. The zero-order valence-corrected chi connectivity index (χ0v) is 18.4. The zero-order chi connectivity index (χ0) is 21.4. The van der Waals surface area contributed by atoms with Gasteiger partial charge < -0.3 is 29.5 Å². The van der Waals surface area contributed by atoms with Crippen LogP contribution in [0.2, 0.25) is 5.02 Å². The lowest BCUT2D eigenvalue weighted by molar-refractivity contribution is -0.139. The van der Waals surface area contributed by atoms with Crippen LogP contribution in [0.5, 0.6) is 5.75 Å². The van der Waals surface area contributed by atoms with Crippen molar-refractivity contribution in [3.8, 4) is 5.75 Å². The smallest absolute Gasteiger partial charge is 0.320 e. The van der Waals surface area contributed by atoms with Gasteiger partial charge in [-0.3, -0.25) is 4.79 Å². The molecule has 0 bridgehead atoms. The Hall–Kier alpha value is -2.19. The van der Waals surface area contributed by atoms with Crippen molar-refractivity contribution in [3.63, 3.8) is 0 Å². The summed E-state index contributed by atoms with van der Waals surface area (Å²) in [5.74, 6) is 0.571. The van der Waals surface area contributed by atoms with Crippen LogP contribution in [-0.2, 0) is 9.53 Å². The zero-order valence-electron chi connectivity index (χ0n) is 17.6. The molecule has 8 nitrogen and oxygen atoms in total. The van der Waals surface area contributed by atoms with E-state index in [4.69, 9.17) is 21.1 Å². The Bertz CT molecular complexity index is 841. The van der Waals surface area contributed by atoms with E-state index in [-0.39, 0.29) is 36.8 Å². The molecule has 4 aliphatic heterocycles. The summed E-state index contributed by atoms with van der Waals surface area (Å²) in [7, 11) is 0. The summed E-state index contributed by atoms with van der Waals surface area (Å²) in [6, 6.07) is 5.80. The van der Waals surface area contributed by atoms with Crippen LogP contribution >= 0.6 is 11.6 Å². The van der Waals surface area contributed by atoms with Crippen molar-refractivity contribution in [1.82, 2.24) is 15.1 Å². The molecule has 0 aromatic heterocycles. The van der Waals surface area contributed by atoms with Crippen LogP contribution in [-0.4, -0.2) is 85.9 Å². The van der Waals surface area contributed by atoms with Gasteiger partial charge in [-0.1, -0.05) is 17.7 Å². The fourth-order valence-electron chi connectivity index (χ4n) is 4.89. The second kappa shape index (κ2) is 8.74. The molecule has 4 fully saturated rings. The number of carbonyl (C=O) groups is 2. The number of likely N-dealkylation sites (tertiary alicyclic amines) is 2. The standard InChI is InChI=1S/C22H29ClN4O4/c23-21-17(25-8-2-1-3-9-25)5-4-6-19(21)31-15-11-27(12-15)22(29)26-10-7-18-16(13-26)24-20(28)14-30-18/h4-6,15-16,18H,1-3,7-14H2,(H,24,28)/t16-,18+/m1/s1. The van der Waals surface area contributed by atoms with Gasteiger partial charge in [0.05, 0.1) is 30.9 Å². The minimum absolute atomic E-state index is 0.00328. The summed E-state index contributed by atoms with van der Waals surface area (Å²) in [5, 5.41) is 3.60. The molecule has 0 saturated carbocycles. The van der Waals surface area contributed by atoms with Gasteiger partial charge in [0.15, 0.2) is 0 Å². The Morgan fingerprint density at radius 1 is 1.10 bits per heavy atom. The molecule has 2 atom stereocenters. The van der Waals surface area contributed by atoms with Gasteiger partial charge in [-0.2, -0.15) is 0 Å². The molecule has 0 unspecified atom stereocenters. The van der Waals surface area contributed by atoms with Gasteiger partial charge >= 0.3 is 6.03 Å². The fourth-order valence-corrected chi connectivity index (χ4v) is 5.18. The van der Waals surface area contributed by atoms with Crippen molar-refractivity contribution in [3.05, 3.63) is 23.2 Å². The van der Waals surface area contributed by atoms with E-state index in [1.165, 1.54) is 19.3 Å². The summed E-state index contributed by atoms with van der Waals surface area (Å²) >= 11 is 6.66. The molecule has 1 aromatic carbocycles. The van der Waals surface area contributed by atoms with Crippen molar-refractivity contribution in [2.24, 2.45) is 0 Å². The minimum atomic E-state index is -0.122. The highest BCUT2D eigenvalue weighted by Gasteiger charge is 2.40. The SMILES string of the molecule is O=C1CO[C@H]2CCN(C(=O)N3CC(Oc4cccc(N5CCCCC5)c4Cl)C3)C[C@H]2N1. The van der Waals surface area contributed by atoms with Gasteiger partial charge in [0.1, 0.15) is 23.5 Å². The van der Waals surface area contributed by atoms with Gasteiger partial charge in [-0.15, -0.1) is 0 Å². The summed E-state index contributed by atoms with van der Waals surface area (Å²) < 4.78 is 11.7. The molecule has 168 valence electrons. The Kier molecular flexibility index (Phi) is 5.84. The maximum atomic E-state index is 12.9. The number of nitrogens with zero attached hydrogens (tertiary/aromatic N) is 3. The summed E-state index contributed by atoms with van der Waals surface area (Å²) in [5.41, 5.74) is 1.03. The van der Waals surface area contributed by atoms with Gasteiger partial charge in [0, 0.05) is 26.2 Å². The number of nitrogens with one attached hydrogen (secondary N) is 1. The normalized spacial score (nSPS) is 26.7. The molecule has 0 spiro atoms. The number of morpholine rings is 1. The first-order chi connectivity index (χ1) is 15.1. The molecule has 1 aromatic rings. The Balaban J connectivity index is 1.14. The third kappa shape index (κ3) is 4.28. The second-order valence-corrected chi connectivity index (χ2v) is 9.20. The average Bonchev–Trinajstić information content (AvgIpc) is 2.76. The molecular formula is C22H29ClN4O4. The molecule has 31 heavy (non-hydrogen) atoms. The number of hydrogen-bond acceptors (Lipinski definition) is 5. The number of ether oxygens (including phenoxy) is 2. The van der Waals surface area contributed by atoms with Crippen LogP contribution in [0.4, 0.5) is 10.5 Å². The van der Waals surface area contributed by atoms with Crippen LogP contribution in [0.15, 0.2) is 18.2 Å². The van der Waals surface area contributed by atoms with Gasteiger partial charge in [0.2, 0.25) is 5.91 Å². The number of anilines is 1. The maximum Gasteiger partial charge on any atom is 0.320 e. The quantitative estimate of drug-likeness (QED) is 0.766. The molecule has 5 rings (SSSR count). The Labute approximate surface area is 187 Å². The van der Waals surface area contributed by atoms with E-state index in [0.717, 1.165) is 25.2 Å². The van der Waals surface area contributed by atoms with Crippen molar-refractivity contribution in [2.75, 3.05) is 50.8 Å². The van der Waals surface area contributed by atoms with Crippen LogP contribution in [0.25, 0.3) is 0 Å². The minimum Gasteiger partial charge on any atom is -0.485 e. The monoisotopic (exact) mass is 448 g/mol. The van der Waals surface area contributed by atoms with E-state index >= 15 is 0 Å². The van der Waals surface area contributed by atoms with E-state index in [0.29, 0.717) is 37.0 Å². The molecule has 9 heteroatoms. The molecule has 4 aliphatic rings. The number of fused-ring (bicyclic) bond motifs is 1. The van der Waals surface area contributed by atoms with E-state index < -0.39 is 0 Å². The van der Waals surface area contributed by atoms with Crippen LogP contribution in [0.3, 0.4) is 0 Å². The third-order valence-electron chi connectivity index (χ3n) is 6.65.